The summed E-state index contributed by atoms with van der Waals surface area (Å²) in [6.45, 7) is 1.98. The first-order valence-electron chi connectivity index (χ1n) is 8.01. The lowest BCUT2D eigenvalue weighted by Gasteiger charge is -2.15. The van der Waals surface area contributed by atoms with E-state index < -0.39 is 0 Å². The predicted molar refractivity (Wildman–Crippen MR) is 86.3 cm³/mol. The number of hydrogen-bond donors (Lipinski definition) is 1. The molecule has 1 saturated heterocycles. The molecule has 6 nitrogen and oxygen atoms in total. The summed E-state index contributed by atoms with van der Waals surface area (Å²) in [6.07, 6.45) is 3.93. The van der Waals surface area contributed by atoms with Crippen LogP contribution in [0.2, 0.25) is 0 Å². The quantitative estimate of drug-likeness (QED) is 0.821. The van der Waals surface area contributed by atoms with Crippen LogP contribution in [-0.4, -0.2) is 46.1 Å². The van der Waals surface area contributed by atoms with Gasteiger partial charge in [-0.2, -0.15) is 5.10 Å². The Kier molecular flexibility index (Phi) is 4.88. The van der Waals surface area contributed by atoms with Crippen LogP contribution in [0.4, 0.5) is 4.39 Å². The van der Waals surface area contributed by atoms with Gasteiger partial charge in [0, 0.05) is 32.3 Å². The number of rotatable bonds is 6. The van der Waals surface area contributed by atoms with E-state index in [9.17, 15) is 14.0 Å². The molecule has 126 valence electrons. The van der Waals surface area contributed by atoms with E-state index in [4.69, 9.17) is 0 Å². The Morgan fingerprint density at radius 1 is 1.25 bits per heavy atom. The van der Waals surface area contributed by atoms with Crippen molar-refractivity contribution in [2.75, 3.05) is 19.6 Å². The number of aromatic nitrogens is 2. The maximum atomic E-state index is 12.9. The summed E-state index contributed by atoms with van der Waals surface area (Å²) in [5, 5.41) is 6.99. The van der Waals surface area contributed by atoms with Crippen molar-refractivity contribution in [1.82, 2.24) is 20.0 Å². The lowest BCUT2D eigenvalue weighted by atomic mass is 10.3. The zero-order valence-corrected chi connectivity index (χ0v) is 13.2. The number of nitrogens with zero attached hydrogens (tertiary/aromatic N) is 3. The summed E-state index contributed by atoms with van der Waals surface area (Å²) >= 11 is 0. The number of carbonyl (C=O) groups is 2. The van der Waals surface area contributed by atoms with Crippen molar-refractivity contribution in [3.8, 4) is 5.69 Å². The van der Waals surface area contributed by atoms with E-state index in [1.54, 1.807) is 24.4 Å². The highest BCUT2D eigenvalue weighted by atomic mass is 19.1. The van der Waals surface area contributed by atoms with Crippen LogP contribution in [0.15, 0.2) is 36.5 Å². The SMILES string of the molecule is O=C(NCCCN1CCCC1=O)c1ccn(-c2ccc(F)cc2)n1. The minimum Gasteiger partial charge on any atom is -0.351 e. The van der Waals surface area contributed by atoms with E-state index in [0.717, 1.165) is 19.4 Å². The number of halogens is 1. The highest BCUT2D eigenvalue weighted by Crippen LogP contribution is 2.10. The fourth-order valence-electron chi connectivity index (χ4n) is 2.69. The first-order chi connectivity index (χ1) is 11.6. The minimum absolute atomic E-state index is 0.194. The standard InChI is InChI=1S/C17H19FN4O2/c18-13-4-6-14(7-5-13)22-12-8-15(20-22)17(24)19-9-2-11-21-10-1-3-16(21)23/h4-8,12H,1-3,9-11H2,(H,19,24). The van der Waals surface area contributed by atoms with Crippen molar-refractivity contribution in [3.63, 3.8) is 0 Å². The number of carbonyl (C=O) groups excluding carboxylic acids is 2. The summed E-state index contributed by atoms with van der Waals surface area (Å²) in [5.41, 5.74) is 0.986. The summed E-state index contributed by atoms with van der Waals surface area (Å²) in [7, 11) is 0. The maximum absolute atomic E-state index is 12.9. The highest BCUT2D eigenvalue weighted by molar-refractivity contribution is 5.92. The molecule has 0 bridgehead atoms. The Morgan fingerprint density at radius 2 is 2.04 bits per heavy atom. The summed E-state index contributed by atoms with van der Waals surface area (Å²) in [6, 6.07) is 7.49. The lowest BCUT2D eigenvalue weighted by molar-refractivity contribution is -0.127. The Bertz CT molecular complexity index is 726. The van der Waals surface area contributed by atoms with Gasteiger partial charge < -0.3 is 10.2 Å². The van der Waals surface area contributed by atoms with Gasteiger partial charge in [0.2, 0.25) is 5.91 Å². The molecule has 0 radical (unpaired) electrons. The van der Waals surface area contributed by atoms with Crippen LogP contribution in [-0.2, 0) is 4.79 Å². The molecule has 1 N–H and O–H groups in total. The molecule has 2 amide bonds. The average Bonchev–Trinajstić information content (AvgIpc) is 3.22. The Balaban J connectivity index is 1.48. The number of nitrogens with one attached hydrogen (secondary N) is 1. The molecule has 1 aliphatic rings. The molecule has 0 saturated carbocycles. The van der Waals surface area contributed by atoms with Crippen LogP contribution in [0.5, 0.6) is 0 Å². The summed E-state index contributed by atoms with van der Waals surface area (Å²) in [4.78, 5) is 25.4. The summed E-state index contributed by atoms with van der Waals surface area (Å²) in [5.74, 6) is -0.386. The van der Waals surface area contributed by atoms with Crippen molar-refractivity contribution < 1.29 is 14.0 Å². The van der Waals surface area contributed by atoms with Crippen LogP contribution in [0.1, 0.15) is 29.8 Å². The first-order valence-corrected chi connectivity index (χ1v) is 8.01. The molecule has 0 aliphatic carbocycles. The van der Waals surface area contributed by atoms with Crippen molar-refractivity contribution in [3.05, 3.63) is 48.0 Å². The predicted octanol–water partition coefficient (Wildman–Crippen LogP) is 1.75. The smallest absolute Gasteiger partial charge is 0.271 e. The third-order valence-electron chi connectivity index (χ3n) is 3.97. The van der Waals surface area contributed by atoms with Crippen molar-refractivity contribution in [2.45, 2.75) is 19.3 Å². The molecule has 3 rings (SSSR count). The number of amides is 2. The zero-order chi connectivity index (χ0) is 16.9. The molecule has 2 aromatic rings. The van der Waals surface area contributed by atoms with Gasteiger partial charge >= 0.3 is 0 Å². The second-order valence-electron chi connectivity index (χ2n) is 5.72. The van der Waals surface area contributed by atoms with Gasteiger partial charge in [0.25, 0.3) is 5.91 Å². The molecule has 24 heavy (non-hydrogen) atoms. The molecule has 0 spiro atoms. The van der Waals surface area contributed by atoms with Gasteiger partial charge in [-0.15, -0.1) is 0 Å². The van der Waals surface area contributed by atoms with Crippen molar-refractivity contribution in [1.29, 1.82) is 0 Å². The second-order valence-corrected chi connectivity index (χ2v) is 5.72. The van der Waals surface area contributed by atoms with E-state index in [1.165, 1.54) is 16.8 Å². The monoisotopic (exact) mass is 330 g/mol. The van der Waals surface area contributed by atoms with Crippen LogP contribution >= 0.6 is 0 Å². The van der Waals surface area contributed by atoms with E-state index in [2.05, 4.69) is 10.4 Å². The normalized spacial score (nSPS) is 14.2. The summed E-state index contributed by atoms with van der Waals surface area (Å²) < 4.78 is 14.5. The first kappa shape index (κ1) is 16.2. The van der Waals surface area contributed by atoms with Gasteiger partial charge in [0.05, 0.1) is 5.69 Å². The van der Waals surface area contributed by atoms with E-state index >= 15 is 0 Å². The third-order valence-corrected chi connectivity index (χ3v) is 3.97. The largest absolute Gasteiger partial charge is 0.351 e. The van der Waals surface area contributed by atoms with Crippen molar-refractivity contribution in [2.24, 2.45) is 0 Å². The van der Waals surface area contributed by atoms with Gasteiger partial charge in [0.1, 0.15) is 5.82 Å². The van der Waals surface area contributed by atoms with E-state index in [0.29, 0.717) is 30.9 Å². The fraction of sp³-hybridized carbons (Fsp3) is 0.353. The topological polar surface area (TPSA) is 67.2 Å². The molecular formula is C17H19FN4O2. The van der Waals surface area contributed by atoms with E-state index in [1.807, 2.05) is 4.90 Å². The van der Waals surface area contributed by atoms with Gasteiger partial charge in [0.15, 0.2) is 5.69 Å². The molecule has 1 aliphatic heterocycles. The molecule has 1 fully saturated rings. The molecule has 0 atom stereocenters. The minimum atomic E-state index is -0.319. The maximum Gasteiger partial charge on any atom is 0.271 e. The highest BCUT2D eigenvalue weighted by Gasteiger charge is 2.19. The number of benzene rings is 1. The molecule has 1 aromatic heterocycles. The Labute approximate surface area is 139 Å². The Morgan fingerprint density at radius 3 is 2.75 bits per heavy atom. The Hall–Kier alpha value is -2.70. The van der Waals surface area contributed by atoms with Gasteiger partial charge in [-0.05, 0) is 43.2 Å². The molecule has 0 unspecified atom stereocenters. The average molecular weight is 330 g/mol. The zero-order valence-electron chi connectivity index (χ0n) is 13.2. The van der Waals surface area contributed by atoms with Crippen LogP contribution < -0.4 is 5.32 Å². The third kappa shape index (κ3) is 3.79. The van der Waals surface area contributed by atoms with Crippen LogP contribution in [0.25, 0.3) is 5.69 Å². The van der Waals surface area contributed by atoms with Crippen LogP contribution in [0.3, 0.4) is 0 Å². The fourth-order valence-corrected chi connectivity index (χ4v) is 2.69. The van der Waals surface area contributed by atoms with Gasteiger partial charge in [-0.3, -0.25) is 9.59 Å². The van der Waals surface area contributed by atoms with Crippen LogP contribution in [0, 0.1) is 5.82 Å². The van der Waals surface area contributed by atoms with Gasteiger partial charge in [-0.25, -0.2) is 9.07 Å². The van der Waals surface area contributed by atoms with E-state index in [-0.39, 0.29) is 17.6 Å². The number of likely N-dealkylation sites (tertiary alicyclic amines) is 1. The molecule has 1 aromatic carbocycles. The second kappa shape index (κ2) is 7.25. The molecule has 2 heterocycles. The molecule has 7 heteroatoms. The molecular weight excluding hydrogens is 311 g/mol. The lowest BCUT2D eigenvalue weighted by Crippen LogP contribution is -2.30. The number of hydrogen-bond acceptors (Lipinski definition) is 3. The van der Waals surface area contributed by atoms with Gasteiger partial charge in [-0.1, -0.05) is 0 Å². The van der Waals surface area contributed by atoms with Crippen molar-refractivity contribution >= 4 is 11.8 Å².